The van der Waals surface area contributed by atoms with E-state index in [2.05, 4.69) is 59.4 Å². The lowest BCUT2D eigenvalue weighted by Crippen LogP contribution is -2.21. The van der Waals surface area contributed by atoms with Crippen LogP contribution in [0.4, 0.5) is 0 Å². The molecule has 0 aliphatic heterocycles. The zero-order chi connectivity index (χ0) is 20.3. The van der Waals surface area contributed by atoms with Crippen LogP contribution in [0.1, 0.15) is 44.4 Å². The minimum atomic E-state index is -0.127. The van der Waals surface area contributed by atoms with Crippen molar-refractivity contribution in [3.63, 3.8) is 0 Å². The Morgan fingerprint density at radius 2 is 1.61 bits per heavy atom. The normalized spacial score (nSPS) is 12.2. The van der Waals surface area contributed by atoms with E-state index in [9.17, 15) is 4.79 Å². The van der Waals surface area contributed by atoms with E-state index in [0.717, 1.165) is 32.1 Å². The van der Waals surface area contributed by atoms with Crippen LogP contribution in [0.15, 0.2) is 70.2 Å². The molecule has 0 saturated carbocycles. The van der Waals surface area contributed by atoms with Gasteiger partial charge in [0.2, 0.25) is 5.91 Å². The van der Waals surface area contributed by atoms with Gasteiger partial charge in [0.15, 0.2) is 0 Å². The molecule has 3 aromatic carbocycles. The zero-order valence-corrected chi connectivity index (χ0v) is 18.3. The maximum atomic E-state index is 12.4. The molecule has 0 radical (unpaired) electrons. The first-order chi connectivity index (χ1) is 13.3. The third kappa shape index (κ3) is 4.68. The van der Waals surface area contributed by atoms with E-state index < -0.39 is 0 Å². The lowest BCUT2D eigenvalue weighted by molar-refractivity contribution is -0.120. The van der Waals surface area contributed by atoms with Crippen molar-refractivity contribution in [1.29, 1.82) is 0 Å². The molecule has 1 amide bonds. The van der Waals surface area contributed by atoms with Crippen molar-refractivity contribution < 1.29 is 4.79 Å². The number of hydrazone groups is 1. The number of benzene rings is 3. The summed E-state index contributed by atoms with van der Waals surface area (Å²) in [6.45, 7) is 8.47. The van der Waals surface area contributed by atoms with Crippen LogP contribution in [-0.4, -0.2) is 11.6 Å². The fraction of sp³-hybridized carbons (Fsp3) is 0.250. The van der Waals surface area contributed by atoms with Crippen molar-refractivity contribution in [2.75, 3.05) is 0 Å². The molecule has 0 spiro atoms. The van der Waals surface area contributed by atoms with Gasteiger partial charge in [-0.2, -0.15) is 5.10 Å². The highest BCUT2D eigenvalue weighted by Crippen LogP contribution is 2.27. The summed E-state index contributed by atoms with van der Waals surface area (Å²) >= 11 is 3.57. The minimum absolute atomic E-state index is 0.116. The van der Waals surface area contributed by atoms with Gasteiger partial charge in [-0.25, -0.2) is 5.43 Å². The summed E-state index contributed by atoms with van der Waals surface area (Å²) in [4.78, 5) is 12.4. The maximum Gasteiger partial charge on any atom is 0.244 e. The van der Waals surface area contributed by atoms with Gasteiger partial charge in [-0.3, -0.25) is 4.79 Å². The van der Waals surface area contributed by atoms with Crippen molar-refractivity contribution in [2.45, 2.75) is 39.5 Å². The molecule has 0 unspecified atom stereocenters. The number of hydrogen-bond acceptors (Lipinski definition) is 2. The first-order valence-electron chi connectivity index (χ1n) is 9.36. The first kappa shape index (κ1) is 20.3. The number of carbonyl (C=O) groups is 1. The number of fused-ring (bicyclic) bond motifs is 1. The minimum Gasteiger partial charge on any atom is -0.273 e. The number of hydrogen-bond donors (Lipinski definition) is 1. The largest absolute Gasteiger partial charge is 0.273 e. The van der Waals surface area contributed by atoms with E-state index in [4.69, 9.17) is 0 Å². The summed E-state index contributed by atoms with van der Waals surface area (Å²) in [7, 11) is 0. The van der Waals surface area contributed by atoms with Crippen LogP contribution in [0.25, 0.3) is 10.8 Å². The lowest BCUT2D eigenvalue weighted by atomic mass is 9.86. The van der Waals surface area contributed by atoms with E-state index in [-0.39, 0.29) is 17.7 Å². The molecule has 3 aromatic rings. The third-order valence-electron chi connectivity index (χ3n) is 4.83. The summed E-state index contributed by atoms with van der Waals surface area (Å²) in [5.74, 6) is -0.127. The smallest absolute Gasteiger partial charge is 0.244 e. The van der Waals surface area contributed by atoms with Crippen LogP contribution in [0, 0.1) is 0 Å². The lowest BCUT2D eigenvalue weighted by Gasteiger charge is -2.19. The van der Waals surface area contributed by atoms with Gasteiger partial charge in [-0.05, 0) is 45.9 Å². The highest BCUT2D eigenvalue weighted by atomic mass is 79.9. The van der Waals surface area contributed by atoms with Gasteiger partial charge in [0.1, 0.15) is 0 Å². The molecule has 3 nitrogen and oxygen atoms in total. The summed E-state index contributed by atoms with van der Waals surface area (Å²) in [6.07, 6.45) is 0.285. The van der Waals surface area contributed by atoms with Crippen molar-refractivity contribution in [1.82, 2.24) is 5.43 Å². The Kier molecular flexibility index (Phi) is 5.99. The van der Waals surface area contributed by atoms with Gasteiger partial charge in [-0.15, -0.1) is 0 Å². The molecule has 0 aliphatic carbocycles. The van der Waals surface area contributed by atoms with E-state index in [1.165, 1.54) is 5.56 Å². The van der Waals surface area contributed by atoms with Gasteiger partial charge < -0.3 is 0 Å². The molecule has 0 aromatic heterocycles. The van der Waals surface area contributed by atoms with Gasteiger partial charge in [-0.1, -0.05) is 91.3 Å². The fourth-order valence-electron chi connectivity index (χ4n) is 3.11. The Labute approximate surface area is 175 Å². The number of halogens is 1. The molecule has 0 saturated heterocycles. The first-order valence-corrected chi connectivity index (χ1v) is 10.1. The van der Waals surface area contributed by atoms with Crippen molar-refractivity contribution in [3.8, 4) is 0 Å². The quantitative estimate of drug-likeness (QED) is 0.396. The van der Waals surface area contributed by atoms with E-state index >= 15 is 0 Å². The van der Waals surface area contributed by atoms with Crippen molar-refractivity contribution >= 4 is 38.3 Å². The molecule has 144 valence electrons. The molecule has 0 fully saturated rings. The van der Waals surface area contributed by atoms with E-state index in [0.29, 0.717) is 0 Å². The average Bonchev–Trinajstić information content (AvgIpc) is 2.68. The molecule has 0 bridgehead atoms. The predicted molar refractivity (Wildman–Crippen MR) is 121 cm³/mol. The van der Waals surface area contributed by atoms with E-state index in [1.807, 2.05) is 55.5 Å². The number of carbonyl (C=O) groups excluding carboxylic acids is 1. The fourth-order valence-corrected chi connectivity index (χ4v) is 3.59. The number of amides is 1. The second-order valence-electron chi connectivity index (χ2n) is 7.99. The van der Waals surface area contributed by atoms with Gasteiger partial charge in [0.25, 0.3) is 0 Å². The van der Waals surface area contributed by atoms with Crippen LogP contribution in [0.2, 0.25) is 0 Å². The summed E-state index contributed by atoms with van der Waals surface area (Å²) in [5, 5.41) is 6.47. The Hall–Kier alpha value is -2.46. The molecular weight excluding hydrogens is 412 g/mol. The highest BCUT2D eigenvalue weighted by molar-refractivity contribution is 9.10. The van der Waals surface area contributed by atoms with Crippen LogP contribution >= 0.6 is 15.9 Å². The third-order valence-corrected chi connectivity index (χ3v) is 5.52. The molecular formula is C24H25BrN2O. The Morgan fingerprint density at radius 1 is 0.964 bits per heavy atom. The topological polar surface area (TPSA) is 41.5 Å². The van der Waals surface area contributed by atoms with Gasteiger partial charge in [0.05, 0.1) is 12.1 Å². The van der Waals surface area contributed by atoms with Gasteiger partial charge >= 0.3 is 0 Å². The van der Waals surface area contributed by atoms with Crippen LogP contribution < -0.4 is 5.43 Å². The molecule has 0 aliphatic rings. The average molecular weight is 437 g/mol. The molecule has 1 N–H and O–H groups in total. The highest BCUT2D eigenvalue weighted by Gasteiger charge is 2.13. The summed E-state index contributed by atoms with van der Waals surface area (Å²) in [6, 6.07) is 20.4. The van der Waals surface area contributed by atoms with Crippen LogP contribution in [0.5, 0.6) is 0 Å². The van der Waals surface area contributed by atoms with Crippen molar-refractivity contribution in [3.05, 3.63) is 81.8 Å². The predicted octanol–water partition coefficient (Wildman–Crippen LogP) is 5.98. The van der Waals surface area contributed by atoms with Crippen molar-refractivity contribution in [2.24, 2.45) is 5.10 Å². The van der Waals surface area contributed by atoms with Crippen LogP contribution in [0.3, 0.4) is 0 Å². The van der Waals surface area contributed by atoms with Gasteiger partial charge in [0, 0.05) is 4.47 Å². The Morgan fingerprint density at radius 3 is 2.25 bits per heavy atom. The SMILES string of the molecule is C/C(=N\NC(=O)Cc1ccc(Br)c2ccccc12)c1ccc(C(C)(C)C)cc1. The monoisotopic (exact) mass is 436 g/mol. The molecule has 0 atom stereocenters. The Bertz CT molecular complexity index is 1030. The number of nitrogens with one attached hydrogen (secondary N) is 1. The molecule has 3 rings (SSSR count). The van der Waals surface area contributed by atoms with E-state index in [1.54, 1.807) is 0 Å². The standard InChI is InChI=1S/C24H25BrN2O/c1-16(17-9-12-19(13-10-17)24(2,3)4)26-27-23(28)15-18-11-14-22(25)21-8-6-5-7-20(18)21/h5-14H,15H2,1-4H3,(H,27,28)/b26-16+. The Balaban J connectivity index is 1.71. The molecule has 0 heterocycles. The number of rotatable bonds is 4. The molecule has 28 heavy (non-hydrogen) atoms. The van der Waals surface area contributed by atoms with Crippen LogP contribution in [-0.2, 0) is 16.6 Å². The second kappa shape index (κ2) is 8.27. The number of nitrogens with zero attached hydrogens (tertiary/aromatic N) is 1. The summed E-state index contributed by atoms with van der Waals surface area (Å²) < 4.78 is 1.03. The molecule has 4 heteroatoms. The zero-order valence-electron chi connectivity index (χ0n) is 16.7. The second-order valence-corrected chi connectivity index (χ2v) is 8.84. The summed E-state index contributed by atoms with van der Waals surface area (Å²) in [5.41, 5.74) is 6.85. The maximum absolute atomic E-state index is 12.4.